The second-order valence-electron chi connectivity index (χ2n) is 5.67. The van der Waals surface area contributed by atoms with Gasteiger partial charge in [-0.15, -0.1) is 11.3 Å². The number of hydrogen-bond acceptors (Lipinski definition) is 5. The van der Waals surface area contributed by atoms with E-state index in [-0.39, 0.29) is 4.21 Å². The van der Waals surface area contributed by atoms with E-state index < -0.39 is 20.8 Å². The number of para-hydroxylation sites is 1. The second-order valence-corrected chi connectivity index (χ2v) is 9.97. The third-order valence-electron chi connectivity index (χ3n) is 3.86. The Balaban J connectivity index is 1.65. The molecule has 0 aliphatic carbocycles. The number of hydrogen-bond donors (Lipinski definition) is 1. The molecule has 1 unspecified atom stereocenters. The molecule has 4 rings (SSSR count). The molecule has 0 fully saturated rings. The summed E-state index contributed by atoms with van der Waals surface area (Å²) >= 11 is 1.04. The molecule has 0 amide bonds. The van der Waals surface area contributed by atoms with Crippen LogP contribution in [-0.2, 0) is 20.8 Å². The van der Waals surface area contributed by atoms with Crippen LogP contribution in [0.1, 0.15) is 0 Å². The fraction of sp³-hybridized carbons (Fsp3) is 0. The van der Waals surface area contributed by atoms with Crippen molar-refractivity contribution in [2.24, 2.45) is 0 Å². The molecule has 2 aromatic carbocycles. The molecule has 1 atom stereocenters. The number of benzene rings is 2. The van der Waals surface area contributed by atoms with Crippen LogP contribution >= 0.6 is 11.3 Å². The Kier molecular flexibility index (Phi) is 4.77. The molecule has 0 aliphatic rings. The van der Waals surface area contributed by atoms with Gasteiger partial charge in [-0.25, -0.2) is 12.6 Å². The summed E-state index contributed by atoms with van der Waals surface area (Å²) in [6.45, 7) is 0. The first kappa shape index (κ1) is 17.8. The third-order valence-corrected chi connectivity index (χ3v) is 8.18. The Labute approximate surface area is 163 Å². The molecule has 0 saturated carbocycles. The molecule has 5 nitrogen and oxygen atoms in total. The zero-order valence-corrected chi connectivity index (χ0v) is 16.4. The number of aromatic nitrogens is 1. The highest BCUT2D eigenvalue weighted by Crippen LogP contribution is 2.29. The zero-order chi connectivity index (χ0) is 18.9. The van der Waals surface area contributed by atoms with Crippen LogP contribution in [0.3, 0.4) is 0 Å². The minimum atomic E-state index is -3.81. The summed E-state index contributed by atoms with van der Waals surface area (Å²) in [4.78, 5) is 5.35. The Morgan fingerprint density at radius 3 is 2.52 bits per heavy atom. The number of anilines is 1. The van der Waals surface area contributed by atoms with Crippen molar-refractivity contribution >= 4 is 48.7 Å². The van der Waals surface area contributed by atoms with E-state index in [2.05, 4.69) is 9.71 Å². The molecule has 0 bridgehead atoms. The van der Waals surface area contributed by atoms with Crippen LogP contribution in [0.25, 0.3) is 10.9 Å². The zero-order valence-electron chi connectivity index (χ0n) is 13.9. The molecule has 4 aromatic rings. The summed E-state index contributed by atoms with van der Waals surface area (Å²) in [5, 5.41) is 2.45. The van der Waals surface area contributed by atoms with Gasteiger partial charge in [0.1, 0.15) is 4.21 Å². The maximum absolute atomic E-state index is 12.8. The van der Waals surface area contributed by atoms with Crippen LogP contribution in [0.15, 0.2) is 92.3 Å². The Hall–Kier alpha value is -2.55. The van der Waals surface area contributed by atoms with Crippen molar-refractivity contribution in [2.75, 3.05) is 4.72 Å². The molecule has 1 N–H and O–H groups in total. The quantitative estimate of drug-likeness (QED) is 0.529. The van der Waals surface area contributed by atoms with Gasteiger partial charge in [-0.2, -0.15) is 0 Å². The molecule has 136 valence electrons. The lowest BCUT2D eigenvalue weighted by molar-refractivity contribution is 0.603. The van der Waals surface area contributed by atoms with Crippen LogP contribution in [-0.4, -0.2) is 17.6 Å². The number of pyridine rings is 1. The van der Waals surface area contributed by atoms with Crippen molar-refractivity contribution in [3.8, 4) is 0 Å². The number of rotatable bonds is 5. The second kappa shape index (κ2) is 7.22. The van der Waals surface area contributed by atoms with Crippen molar-refractivity contribution < 1.29 is 12.6 Å². The number of nitrogens with one attached hydrogen (secondary N) is 1. The average molecular weight is 415 g/mol. The van der Waals surface area contributed by atoms with Crippen LogP contribution in [0.4, 0.5) is 5.69 Å². The van der Waals surface area contributed by atoms with Gasteiger partial charge in [-0.05, 0) is 30.3 Å². The normalized spacial score (nSPS) is 12.7. The van der Waals surface area contributed by atoms with E-state index in [4.69, 9.17) is 0 Å². The number of fused-ring (bicyclic) bond motifs is 1. The van der Waals surface area contributed by atoms with E-state index in [1.165, 1.54) is 6.07 Å². The average Bonchev–Trinajstić information content (AvgIpc) is 3.19. The highest BCUT2D eigenvalue weighted by atomic mass is 32.2. The lowest BCUT2D eigenvalue weighted by atomic mass is 10.2. The summed E-state index contributed by atoms with van der Waals surface area (Å²) in [6.07, 6.45) is 1.62. The smallest absolute Gasteiger partial charge is 0.271 e. The molecular formula is C19H14N2O3S3. The molecule has 2 heterocycles. The Bertz CT molecular complexity index is 1230. The van der Waals surface area contributed by atoms with Gasteiger partial charge in [0.25, 0.3) is 10.0 Å². The maximum Gasteiger partial charge on any atom is 0.271 e. The van der Waals surface area contributed by atoms with E-state index in [0.29, 0.717) is 21.0 Å². The van der Waals surface area contributed by atoms with Crippen LogP contribution in [0, 0.1) is 0 Å². The highest BCUT2D eigenvalue weighted by molar-refractivity contribution is 7.94. The molecule has 8 heteroatoms. The van der Waals surface area contributed by atoms with Crippen molar-refractivity contribution in [3.05, 3.63) is 78.3 Å². The summed E-state index contributed by atoms with van der Waals surface area (Å²) < 4.78 is 40.9. The molecule has 0 radical (unpaired) electrons. The van der Waals surface area contributed by atoms with Crippen LogP contribution in [0.2, 0.25) is 0 Å². The van der Waals surface area contributed by atoms with E-state index in [0.717, 1.165) is 16.7 Å². The van der Waals surface area contributed by atoms with E-state index in [1.54, 1.807) is 54.0 Å². The van der Waals surface area contributed by atoms with Crippen molar-refractivity contribution in [1.29, 1.82) is 0 Å². The minimum Gasteiger partial charge on any atom is -0.277 e. The number of sulfonamides is 1. The van der Waals surface area contributed by atoms with Crippen LogP contribution < -0.4 is 4.72 Å². The van der Waals surface area contributed by atoms with Gasteiger partial charge in [0.15, 0.2) is 0 Å². The highest BCUT2D eigenvalue weighted by Gasteiger charge is 2.20. The van der Waals surface area contributed by atoms with Gasteiger partial charge in [0, 0.05) is 21.9 Å². The fourth-order valence-corrected chi connectivity index (χ4v) is 6.25. The van der Waals surface area contributed by atoms with Crippen molar-refractivity contribution in [1.82, 2.24) is 4.98 Å². The third kappa shape index (κ3) is 3.64. The first-order valence-electron chi connectivity index (χ1n) is 7.96. The summed E-state index contributed by atoms with van der Waals surface area (Å²) in [5.74, 6) is 0. The Morgan fingerprint density at radius 2 is 1.70 bits per heavy atom. The van der Waals surface area contributed by atoms with Crippen molar-refractivity contribution in [3.63, 3.8) is 0 Å². The van der Waals surface area contributed by atoms with E-state index in [9.17, 15) is 12.6 Å². The lowest BCUT2D eigenvalue weighted by Gasteiger charge is -2.08. The monoisotopic (exact) mass is 414 g/mol. The van der Waals surface area contributed by atoms with Gasteiger partial charge in [-0.3, -0.25) is 9.71 Å². The molecule has 0 aliphatic heterocycles. The topological polar surface area (TPSA) is 76.1 Å². The summed E-state index contributed by atoms with van der Waals surface area (Å²) in [7, 11) is -5.23. The fourth-order valence-electron chi connectivity index (χ4n) is 2.60. The van der Waals surface area contributed by atoms with Gasteiger partial charge in [0.05, 0.1) is 26.9 Å². The van der Waals surface area contributed by atoms with Gasteiger partial charge >= 0.3 is 0 Å². The number of thiophene rings is 1. The number of nitrogens with zero attached hydrogens (tertiary/aromatic N) is 1. The minimum absolute atomic E-state index is 0.106. The van der Waals surface area contributed by atoms with Crippen molar-refractivity contribution in [2.45, 2.75) is 14.0 Å². The largest absolute Gasteiger partial charge is 0.277 e. The standard InChI is InChI=1S/C19H14N2O3S3/c22-26(15-8-2-1-3-9-15)16-12-18(25-13-16)27(23,24)21-17-10-4-6-14-7-5-11-20-19(14)17/h1-13,21H. The molecule has 27 heavy (non-hydrogen) atoms. The molecule has 0 saturated heterocycles. The molecule has 0 spiro atoms. The lowest BCUT2D eigenvalue weighted by Crippen LogP contribution is -2.12. The van der Waals surface area contributed by atoms with Gasteiger partial charge < -0.3 is 0 Å². The predicted molar refractivity (Wildman–Crippen MR) is 108 cm³/mol. The van der Waals surface area contributed by atoms with Crippen LogP contribution in [0.5, 0.6) is 0 Å². The van der Waals surface area contributed by atoms with E-state index >= 15 is 0 Å². The molecule has 2 aromatic heterocycles. The summed E-state index contributed by atoms with van der Waals surface area (Å²) in [5.41, 5.74) is 0.987. The first-order chi connectivity index (χ1) is 13.0. The molecular weight excluding hydrogens is 400 g/mol. The maximum atomic E-state index is 12.8. The van der Waals surface area contributed by atoms with E-state index in [1.807, 2.05) is 18.2 Å². The van der Waals surface area contributed by atoms with Gasteiger partial charge in [0.2, 0.25) is 0 Å². The van der Waals surface area contributed by atoms with Gasteiger partial charge in [-0.1, -0.05) is 36.4 Å². The Morgan fingerprint density at radius 1 is 0.926 bits per heavy atom. The SMILES string of the molecule is O=S(c1ccccc1)c1csc(S(=O)(=O)Nc2cccc3cccnc23)c1. The predicted octanol–water partition coefficient (Wildman–Crippen LogP) is 4.26. The first-order valence-corrected chi connectivity index (χ1v) is 11.5. The summed E-state index contributed by atoms with van der Waals surface area (Å²) in [6, 6.07) is 19.4.